The van der Waals surface area contributed by atoms with Gasteiger partial charge in [0.15, 0.2) is 0 Å². The molecule has 0 aliphatic rings. The Morgan fingerprint density at radius 3 is 2.50 bits per heavy atom. The number of carboxylic acids is 1. The predicted molar refractivity (Wildman–Crippen MR) is 57.1 cm³/mol. The summed E-state index contributed by atoms with van der Waals surface area (Å²) in [4.78, 5) is 12.3. The molecule has 0 fully saturated rings. The molecule has 0 bridgehead atoms. The van der Waals surface area contributed by atoms with Gasteiger partial charge in [0.25, 0.3) is 0 Å². The standard InChI is InChI=1S/C10H20N2O2/c1-10(2,8-12(3)4)7-11-6-5-9(13)14/h5-6,11H,7-8H2,1-4H3,(H,13,14)/b6-5+. The van der Waals surface area contributed by atoms with Crippen molar-refractivity contribution in [1.29, 1.82) is 0 Å². The minimum Gasteiger partial charge on any atom is -0.478 e. The van der Waals surface area contributed by atoms with E-state index in [1.165, 1.54) is 6.20 Å². The molecule has 0 aromatic carbocycles. The molecule has 2 N–H and O–H groups in total. The number of hydrogen-bond donors (Lipinski definition) is 2. The first-order valence-corrected chi connectivity index (χ1v) is 4.61. The largest absolute Gasteiger partial charge is 0.478 e. The molecule has 0 heterocycles. The molecule has 82 valence electrons. The zero-order valence-corrected chi connectivity index (χ0v) is 9.37. The van der Waals surface area contributed by atoms with E-state index in [9.17, 15) is 4.79 Å². The first-order chi connectivity index (χ1) is 6.33. The lowest BCUT2D eigenvalue weighted by Crippen LogP contribution is -2.36. The smallest absolute Gasteiger partial charge is 0.329 e. The van der Waals surface area contributed by atoms with Crippen LogP contribution in [0.2, 0.25) is 0 Å². The Morgan fingerprint density at radius 2 is 2.07 bits per heavy atom. The first-order valence-electron chi connectivity index (χ1n) is 4.61. The fourth-order valence-electron chi connectivity index (χ4n) is 1.38. The second-order valence-corrected chi connectivity index (χ2v) is 4.45. The Kier molecular flexibility index (Phi) is 5.23. The van der Waals surface area contributed by atoms with Crippen LogP contribution >= 0.6 is 0 Å². The summed E-state index contributed by atoms with van der Waals surface area (Å²) >= 11 is 0. The predicted octanol–water partition coefficient (Wildman–Crippen LogP) is 0.762. The van der Waals surface area contributed by atoms with Crippen molar-refractivity contribution in [2.45, 2.75) is 13.8 Å². The summed E-state index contributed by atoms with van der Waals surface area (Å²) in [5, 5.41) is 11.3. The van der Waals surface area contributed by atoms with Crippen LogP contribution in [0.5, 0.6) is 0 Å². The van der Waals surface area contributed by atoms with Crippen molar-refractivity contribution >= 4 is 5.97 Å². The lowest BCUT2D eigenvalue weighted by atomic mass is 9.93. The van der Waals surface area contributed by atoms with E-state index in [1.807, 2.05) is 14.1 Å². The van der Waals surface area contributed by atoms with Crippen LogP contribution in [-0.2, 0) is 4.79 Å². The number of nitrogens with one attached hydrogen (secondary N) is 1. The van der Waals surface area contributed by atoms with Gasteiger partial charge in [-0.15, -0.1) is 0 Å². The Morgan fingerprint density at radius 1 is 1.50 bits per heavy atom. The number of carboxylic acid groups (broad SMARTS) is 1. The quantitative estimate of drug-likeness (QED) is 0.622. The highest BCUT2D eigenvalue weighted by Crippen LogP contribution is 2.13. The highest BCUT2D eigenvalue weighted by Gasteiger charge is 2.17. The number of aliphatic carboxylic acids is 1. The van der Waals surface area contributed by atoms with Crippen molar-refractivity contribution in [3.05, 3.63) is 12.3 Å². The number of rotatable bonds is 6. The fourth-order valence-corrected chi connectivity index (χ4v) is 1.38. The van der Waals surface area contributed by atoms with Crippen molar-refractivity contribution in [3.8, 4) is 0 Å². The minimum absolute atomic E-state index is 0.131. The van der Waals surface area contributed by atoms with Gasteiger partial charge >= 0.3 is 5.97 Å². The molecular formula is C10H20N2O2. The van der Waals surface area contributed by atoms with Gasteiger partial charge in [0.1, 0.15) is 0 Å². The monoisotopic (exact) mass is 200 g/mol. The van der Waals surface area contributed by atoms with Crippen molar-refractivity contribution in [2.75, 3.05) is 27.2 Å². The molecule has 0 aromatic heterocycles. The van der Waals surface area contributed by atoms with E-state index in [1.54, 1.807) is 0 Å². The third kappa shape index (κ3) is 7.61. The lowest BCUT2D eigenvalue weighted by Gasteiger charge is -2.28. The molecule has 0 aromatic rings. The molecule has 0 spiro atoms. The van der Waals surface area contributed by atoms with Gasteiger partial charge in [0.2, 0.25) is 0 Å². The molecule has 0 amide bonds. The van der Waals surface area contributed by atoms with E-state index < -0.39 is 5.97 Å². The summed E-state index contributed by atoms with van der Waals surface area (Å²) in [6.45, 7) is 5.99. The SMILES string of the molecule is CN(C)CC(C)(C)CN/C=C/C(=O)O. The molecule has 0 saturated heterocycles. The van der Waals surface area contributed by atoms with Crippen LogP contribution < -0.4 is 5.32 Å². The van der Waals surface area contributed by atoms with E-state index in [4.69, 9.17) is 5.11 Å². The van der Waals surface area contributed by atoms with Crippen molar-refractivity contribution < 1.29 is 9.90 Å². The van der Waals surface area contributed by atoms with Crippen LogP contribution in [-0.4, -0.2) is 43.2 Å². The number of carbonyl (C=O) groups is 1. The van der Waals surface area contributed by atoms with E-state index in [2.05, 4.69) is 24.1 Å². The average molecular weight is 200 g/mol. The van der Waals surface area contributed by atoms with Gasteiger partial charge in [-0.05, 0) is 19.5 Å². The molecule has 0 atom stereocenters. The van der Waals surface area contributed by atoms with Crippen molar-refractivity contribution in [2.24, 2.45) is 5.41 Å². The maximum absolute atomic E-state index is 10.2. The van der Waals surface area contributed by atoms with Gasteiger partial charge < -0.3 is 15.3 Å². The van der Waals surface area contributed by atoms with Crippen molar-refractivity contribution in [1.82, 2.24) is 10.2 Å². The van der Waals surface area contributed by atoms with Gasteiger partial charge in [-0.1, -0.05) is 13.8 Å². The van der Waals surface area contributed by atoms with E-state index >= 15 is 0 Å². The minimum atomic E-state index is -0.928. The number of hydrogen-bond acceptors (Lipinski definition) is 3. The normalized spacial score (nSPS) is 12.4. The Hall–Kier alpha value is -1.03. The topological polar surface area (TPSA) is 52.6 Å². The highest BCUT2D eigenvalue weighted by atomic mass is 16.4. The molecular weight excluding hydrogens is 180 g/mol. The average Bonchev–Trinajstić information content (AvgIpc) is 1.95. The molecule has 4 heteroatoms. The third-order valence-electron chi connectivity index (χ3n) is 1.67. The summed E-state index contributed by atoms with van der Waals surface area (Å²) in [7, 11) is 4.05. The maximum Gasteiger partial charge on any atom is 0.329 e. The molecule has 0 rings (SSSR count). The zero-order chi connectivity index (χ0) is 11.2. The van der Waals surface area contributed by atoms with Crippen LogP contribution in [0.4, 0.5) is 0 Å². The third-order valence-corrected chi connectivity index (χ3v) is 1.67. The van der Waals surface area contributed by atoms with Gasteiger partial charge in [-0.3, -0.25) is 0 Å². The molecule has 4 nitrogen and oxygen atoms in total. The summed E-state index contributed by atoms with van der Waals surface area (Å²) in [5.74, 6) is -0.928. The van der Waals surface area contributed by atoms with Gasteiger partial charge in [0.05, 0.1) is 0 Å². The Balaban J connectivity index is 3.81. The molecule has 0 aliphatic heterocycles. The van der Waals surface area contributed by atoms with E-state index in [0.717, 1.165) is 19.2 Å². The van der Waals surface area contributed by atoms with Crippen LogP contribution in [0.3, 0.4) is 0 Å². The van der Waals surface area contributed by atoms with Crippen LogP contribution in [0.15, 0.2) is 12.3 Å². The summed E-state index contributed by atoms with van der Waals surface area (Å²) in [6.07, 6.45) is 2.57. The maximum atomic E-state index is 10.2. The van der Waals surface area contributed by atoms with E-state index in [0.29, 0.717) is 0 Å². The zero-order valence-electron chi connectivity index (χ0n) is 9.37. The van der Waals surface area contributed by atoms with Crippen molar-refractivity contribution in [3.63, 3.8) is 0 Å². The summed E-state index contributed by atoms with van der Waals surface area (Å²) in [5.41, 5.74) is 0.131. The summed E-state index contributed by atoms with van der Waals surface area (Å²) in [6, 6.07) is 0. The van der Waals surface area contributed by atoms with Crippen LogP contribution in [0.1, 0.15) is 13.8 Å². The molecule has 0 radical (unpaired) electrons. The molecule has 14 heavy (non-hydrogen) atoms. The fraction of sp³-hybridized carbons (Fsp3) is 0.700. The summed E-state index contributed by atoms with van der Waals surface area (Å²) < 4.78 is 0. The van der Waals surface area contributed by atoms with Crippen LogP contribution in [0, 0.1) is 5.41 Å². The second kappa shape index (κ2) is 5.65. The van der Waals surface area contributed by atoms with Gasteiger partial charge in [-0.2, -0.15) is 0 Å². The molecule has 0 aliphatic carbocycles. The first kappa shape index (κ1) is 13.0. The Labute approximate surface area is 85.6 Å². The second-order valence-electron chi connectivity index (χ2n) is 4.45. The lowest BCUT2D eigenvalue weighted by molar-refractivity contribution is -0.131. The van der Waals surface area contributed by atoms with Gasteiger partial charge in [0, 0.05) is 25.4 Å². The highest BCUT2D eigenvalue weighted by molar-refractivity contribution is 5.79. The van der Waals surface area contributed by atoms with Gasteiger partial charge in [-0.25, -0.2) is 4.79 Å². The Bertz CT molecular complexity index is 210. The van der Waals surface area contributed by atoms with E-state index in [-0.39, 0.29) is 5.41 Å². The number of nitrogens with zero attached hydrogens (tertiary/aromatic N) is 1. The molecule has 0 saturated carbocycles. The molecule has 0 unspecified atom stereocenters. The van der Waals surface area contributed by atoms with Crippen LogP contribution in [0.25, 0.3) is 0 Å².